The Morgan fingerprint density at radius 1 is 1.11 bits per heavy atom. The number of nitrogens with zero attached hydrogens (tertiary/aromatic N) is 2. The van der Waals surface area contributed by atoms with Gasteiger partial charge in [0.05, 0.1) is 18.9 Å². The lowest BCUT2D eigenvalue weighted by atomic mass is 10.1. The average Bonchev–Trinajstić information content (AvgIpc) is 3.27. The summed E-state index contributed by atoms with van der Waals surface area (Å²) in [4.78, 5) is 49.8. The van der Waals surface area contributed by atoms with Gasteiger partial charge < -0.3 is 14.2 Å². The molecule has 11 heteroatoms. The minimum Gasteiger partial charge on any atom is -0.463 e. The van der Waals surface area contributed by atoms with Crippen LogP contribution < -0.4 is 11.2 Å². The molecule has 0 N–H and O–H groups in total. The van der Waals surface area contributed by atoms with Gasteiger partial charge in [-0.3, -0.25) is 19.0 Å². The standard InChI is InChI=1S/C25H22ClFN2O7/c1-15(30)34-14-21-20(35-13-16-5-3-2-4-6-16)11-22(36-21)28-12-19(27)24(32)29(25(28)33)23(31)17-7-9-18(26)10-8-17/h2-10,12,20-22H,11,13-14H2,1H3/t20?,21-,22-/m0/s1. The van der Waals surface area contributed by atoms with E-state index in [0.29, 0.717) is 11.2 Å². The number of carbonyl (C=O) groups is 2. The van der Waals surface area contributed by atoms with E-state index in [9.17, 15) is 23.6 Å². The van der Waals surface area contributed by atoms with E-state index in [-0.39, 0.29) is 29.8 Å². The van der Waals surface area contributed by atoms with Gasteiger partial charge in [0.25, 0.3) is 11.5 Å². The molecule has 0 aliphatic carbocycles. The summed E-state index contributed by atoms with van der Waals surface area (Å²) in [6, 6.07) is 14.8. The zero-order valence-electron chi connectivity index (χ0n) is 19.1. The Balaban J connectivity index is 1.63. The predicted molar refractivity (Wildman–Crippen MR) is 126 cm³/mol. The van der Waals surface area contributed by atoms with Crippen LogP contribution in [0.1, 0.15) is 35.5 Å². The number of ether oxygens (including phenoxy) is 3. The monoisotopic (exact) mass is 516 g/mol. The van der Waals surface area contributed by atoms with Gasteiger partial charge in [-0.25, -0.2) is 4.79 Å². The summed E-state index contributed by atoms with van der Waals surface area (Å²) < 4.78 is 32.6. The molecule has 36 heavy (non-hydrogen) atoms. The van der Waals surface area contributed by atoms with Crippen LogP contribution in [-0.4, -0.2) is 39.8 Å². The van der Waals surface area contributed by atoms with E-state index in [4.69, 9.17) is 25.8 Å². The number of halogens is 2. The molecule has 188 valence electrons. The van der Waals surface area contributed by atoms with Gasteiger partial charge in [0.1, 0.15) is 18.9 Å². The van der Waals surface area contributed by atoms with E-state index in [1.54, 1.807) is 0 Å². The van der Waals surface area contributed by atoms with Crippen LogP contribution in [0.4, 0.5) is 4.39 Å². The Labute approximate surface area is 209 Å². The third-order valence-corrected chi connectivity index (χ3v) is 5.87. The molecule has 2 aromatic carbocycles. The second-order valence-electron chi connectivity index (χ2n) is 8.12. The molecule has 0 bridgehead atoms. The molecule has 1 aliphatic rings. The molecular weight excluding hydrogens is 495 g/mol. The summed E-state index contributed by atoms with van der Waals surface area (Å²) in [5.41, 5.74) is -1.61. The maximum Gasteiger partial charge on any atom is 0.340 e. The highest BCUT2D eigenvalue weighted by Gasteiger charge is 2.39. The van der Waals surface area contributed by atoms with Gasteiger partial charge in [-0.1, -0.05) is 41.9 Å². The first-order valence-electron chi connectivity index (χ1n) is 11.0. The Kier molecular flexibility index (Phi) is 7.78. The summed E-state index contributed by atoms with van der Waals surface area (Å²) in [6.45, 7) is 1.30. The lowest BCUT2D eigenvalue weighted by Crippen LogP contribution is -2.46. The zero-order valence-corrected chi connectivity index (χ0v) is 19.9. The van der Waals surface area contributed by atoms with Crippen LogP contribution in [0.25, 0.3) is 0 Å². The molecule has 1 fully saturated rings. The number of aromatic nitrogens is 2. The maximum absolute atomic E-state index is 14.6. The van der Waals surface area contributed by atoms with Gasteiger partial charge in [-0.05, 0) is 29.8 Å². The van der Waals surface area contributed by atoms with Crippen molar-refractivity contribution >= 4 is 23.5 Å². The second-order valence-corrected chi connectivity index (χ2v) is 8.56. The topological polar surface area (TPSA) is 106 Å². The highest BCUT2D eigenvalue weighted by Crippen LogP contribution is 2.31. The van der Waals surface area contributed by atoms with Crippen molar-refractivity contribution in [2.45, 2.75) is 38.4 Å². The SMILES string of the molecule is CC(=O)OC[C@@H]1O[C@H](n2cc(F)c(=O)n(C(=O)c3ccc(Cl)cc3)c2=O)CC1OCc1ccccc1. The van der Waals surface area contributed by atoms with Gasteiger partial charge in [0.2, 0.25) is 5.82 Å². The molecule has 1 saturated heterocycles. The quantitative estimate of drug-likeness (QED) is 0.444. The minimum absolute atomic E-state index is 0.0279. The van der Waals surface area contributed by atoms with Gasteiger partial charge in [-0.15, -0.1) is 0 Å². The number of esters is 1. The fourth-order valence-electron chi connectivity index (χ4n) is 3.82. The van der Waals surface area contributed by atoms with Crippen molar-refractivity contribution in [2.24, 2.45) is 0 Å². The van der Waals surface area contributed by atoms with Crippen LogP contribution in [0.2, 0.25) is 5.02 Å². The number of hydrogen-bond acceptors (Lipinski definition) is 7. The van der Waals surface area contributed by atoms with E-state index in [0.717, 1.165) is 10.1 Å². The zero-order chi connectivity index (χ0) is 25.8. The second kappa shape index (κ2) is 11.0. The Hall–Kier alpha value is -3.60. The number of carbonyl (C=O) groups excluding carboxylic acids is 2. The first-order chi connectivity index (χ1) is 17.2. The molecule has 1 aromatic heterocycles. The molecule has 3 atom stereocenters. The van der Waals surface area contributed by atoms with E-state index < -0.39 is 47.4 Å². The van der Waals surface area contributed by atoms with Crippen LogP contribution in [0.3, 0.4) is 0 Å². The van der Waals surface area contributed by atoms with E-state index in [2.05, 4.69) is 0 Å². The molecule has 0 amide bonds. The first-order valence-corrected chi connectivity index (χ1v) is 11.4. The van der Waals surface area contributed by atoms with Crippen LogP contribution in [-0.2, 0) is 25.6 Å². The molecule has 1 unspecified atom stereocenters. The molecule has 0 radical (unpaired) electrons. The van der Waals surface area contributed by atoms with Crippen molar-refractivity contribution in [2.75, 3.05) is 6.61 Å². The van der Waals surface area contributed by atoms with Gasteiger partial charge >= 0.3 is 11.7 Å². The van der Waals surface area contributed by atoms with Crippen molar-refractivity contribution in [1.82, 2.24) is 9.13 Å². The lowest BCUT2D eigenvalue weighted by molar-refractivity contribution is -0.148. The Morgan fingerprint density at radius 2 is 1.81 bits per heavy atom. The van der Waals surface area contributed by atoms with Gasteiger partial charge in [0.15, 0.2) is 0 Å². The lowest BCUT2D eigenvalue weighted by Gasteiger charge is -2.18. The van der Waals surface area contributed by atoms with E-state index in [1.165, 1.54) is 31.2 Å². The van der Waals surface area contributed by atoms with E-state index >= 15 is 0 Å². The normalized spacial score (nSPS) is 19.2. The Bertz CT molecular complexity index is 1370. The molecule has 1 aliphatic heterocycles. The van der Waals surface area contributed by atoms with Crippen molar-refractivity contribution < 1.29 is 28.2 Å². The molecule has 2 heterocycles. The number of hydrogen-bond donors (Lipinski definition) is 0. The molecule has 3 aromatic rings. The first kappa shape index (κ1) is 25.5. The summed E-state index contributed by atoms with van der Waals surface area (Å²) in [6.07, 6.45) is -1.71. The third-order valence-electron chi connectivity index (χ3n) is 5.61. The molecular formula is C25H22ClFN2O7. The fraction of sp³-hybridized carbons (Fsp3) is 0.280. The summed E-state index contributed by atoms with van der Waals surface area (Å²) >= 11 is 5.83. The highest BCUT2D eigenvalue weighted by molar-refractivity contribution is 6.30. The molecule has 4 rings (SSSR count). The van der Waals surface area contributed by atoms with Crippen LogP contribution >= 0.6 is 11.6 Å². The van der Waals surface area contributed by atoms with Crippen LogP contribution in [0.15, 0.2) is 70.4 Å². The average molecular weight is 517 g/mol. The van der Waals surface area contributed by atoms with Crippen LogP contribution in [0, 0.1) is 5.82 Å². The smallest absolute Gasteiger partial charge is 0.340 e. The van der Waals surface area contributed by atoms with E-state index in [1.807, 2.05) is 30.3 Å². The summed E-state index contributed by atoms with van der Waals surface area (Å²) in [5, 5.41) is 0.343. The maximum atomic E-state index is 14.6. The molecule has 9 nitrogen and oxygen atoms in total. The van der Waals surface area contributed by atoms with Crippen molar-refractivity contribution in [3.8, 4) is 0 Å². The molecule has 0 spiro atoms. The largest absolute Gasteiger partial charge is 0.463 e. The van der Waals surface area contributed by atoms with Gasteiger partial charge in [-0.2, -0.15) is 8.96 Å². The Morgan fingerprint density at radius 3 is 2.47 bits per heavy atom. The van der Waals surface area contributed by atoms with Crippen LogP contribution in [0.5, 0.6) is 0 Å². The van der Waals surface area contributed by atoms with Crippen molar-refractivity contribution in [1.29, 1.82) is 0 Å². The predicted octanol–water partition coefficient (Wildman–Crippen LogP) is 2.93. The van der Waals surface area contributed by atoms with Gasteiger partial charge in [0, 0.05) is 23.9 Å². The number of rotatable bonds is 7. The summed E-state index contributed by atoms with van der Waals surface area (Å²) in [5.74, 6) is -2.86. The molecule has 0 saturated carbocycles. The van der Waals surface area contributed by atoms with Crippen molar-refractivity contribution in [3.63, 3.8) is 0 Å². The highest BCUT2D eigenvalue weighted by atomic mass is 35.5. The summed E-state index contributed by atoms with van der Waals surface area (Å²) in [7, 11) is 0. The third kappa shape index (κ3) is 5.62. The minimum atomic E-state index is -1.39. The fourth-order valence-corrected chi connectivity index (χ4v) is 3.95. The van der Waals surface area contributed by atoms with Crippen molar-refractivity contribution in [3.05, 3.63) is 104 Å². The number of benzene rings is 2.